The number of nitrogens with two attached hydrogens (primary N) is 1. The fourth-order valence-electron chi connectivity index (χ4n) is 2.15. The standard InChI is InChI=1S/C12H18N4O2S/c13-10-9(11(17)14-7-3-4-7)12(19-16-10)15-8-2-1-5-18-6-8/h7-8,15H,1-6H2,(H2,13,16)(H,14,17). The third kappa shape index (κ3) is 2.98. The number of hydrogen-bond acceptors (Lipinski definition) is 6. The molecule has 1 aromatic heterocycles. The van der Waals surface area contributed by atoms with Crippen LogP contribution in [0, 0.1) is 0 Å². The molecule has 4 N–H and O–H groups in total. The van der Waals surface area contributed by atoms with E-state index in [1.54, 1.807) is 0 Å². The normalized spacial score (nSPS) is 23.1. The highest BCUT2D eigenvalue weighted by Gasteiger charge is 2.28. The molecule has 2 fully saturated rings. The molecule has 1 unspecified atom stereocenters. The Labute approximate surface area is 115 Å². The largest absolute Gasteiger partial charge is 0.382 e. The fourth-order valence-corrected chi connectivity index (χ4v) is 2.93. The van der Waals surface area contributed by atoms with Gasteiger partial charge >= 0.3 is 0 Å². The second kappa shape index (κ2) is 5.34. The zero-order valence-electron chi connectivity index (χ0n) is 10.6. The summed E-state index contributed by atoms with van der Waals surface area (Å²) in [6, 6.07) is 0.554. The van der Waals surface area contributed by atoms with Crippen molar-refractivity contribution in [3.05, 3.63) is 5.56 Å². The van der Waals surface area contributed by atoms with Gasteiger partial charge in [0, 0.05) is 12.6 Å². The average molecular weight is 282 g/mol. The molecule has 104 valence electrons. The van der Waals surface area contributed by atoms with E-state index in [0.717, 1.165) is 37.3 Å². The van der Waals surface area contributed by atoms with Crippen molar-refractivity contribution in [2.75, 3.05) is 24.3 Å². The van der Waals surface area contributed by atoms with Crippen LogP contribution in [0.15, 0.2) is 0 Å². The predicted molar refractivity (Wildman–Crippen MR) is 74.5 cm³/mol. The number of aromatic nitrogens is 1. The SMILES string of the molecule is Nc1nsc(NC2CCCOC2)c1C(=O)NC1CC1. The number of anilines is 2. The smallest absolute Gasteiger partial charge is 0.258 e. The molecule has 1 atom stereocenters. The van der Waals surface area contributed by atoms with Gasteiger partial charge in [0.2, 0.25) is 0 Å². The van der Waals surface area contributed by atoms with Gasteiger partial charge in [-0.1, -0.05) is 0 Å². The van der Waals surface area contributed by atoms with Gasteiger partial charge in [-0.15, -0.1) is 0 Å². The number of nitrogens with zero attached hydrogens (tertiary/aromatic N) is 1. The molecule has 0 radical (unpaired) electrons. The quantitative estimate of drug-likeness (QED) is 0.772. The maximum absolute atomic E-state index is 12.1. The second-order valence-electron chi connectivity index (χ2n) is 5.08. The summed E-state index contributed by atoms with van der Waals surface area (Å²) in [5.41, 5.74) is 6.30. The Balaban J connectivity index is 1.71. The van der Waals surface area contributed by atoms with E-state index in [0.29, 0.717) is 24.0 Å². The number of hydrogen-bond donors (Lipinski definition) is 3. The van der Waals surface area contributed by atoms with Crippen molar-refractivity contribution in [3.63, 3.8) is 0 Å². The molecule has 0 spiro atoms. The molecule has 0 bridgehead atoms. The second-order valence-corrected chi connectivity index (χ2v) is 5.85. The van der Waals surface area contributed by atoms with Gasteiger partial charge in [0.15, 0.2) is 5.82 Å². The maximum atomic E-state index is 12.1. The third-order valence-electron chi connectivity index (χ3n) is 3.35. The van der Waals surface area contributed by atoms with Gasteiger partial charge in [0.1, 0.15) is 10.6 Å². The highest BCUT2D eigenvalue weighted by atomic mass is 32.1. The summed E-state index contributed by atoms with van der Waals surface area (Å²) in [6.45, 7) is 1.49. The van der Waals surface area contributed by atoms with Gasteiger partial charge in [-0.3, -0.25) is 4.79 Å². The molecular formula is C12H18N4O2S. The first-order valence-electron chi connectivity index (χ1n) is 6.64. The summed E-state index contributed by atoms with van der Waals surface area (Å²) >= 11 is 1.24. The average Bonchev–Trinajstić information content (AvgIpc) is 3.14. The summed E-state index contributed by atoms with van der Waals surface area (Å²) in [6.07, 6.45) is 4.20. The minimum atomic E-state index is -0.118. The van der Waals surface area contributed by atoms with Crippen molar-refractivity contribution in [2.45, 2.75) is 37.8 Å². The first kappa shape index (κ1) is 12.7. The lowest BCUT2D eigenvalue weighted by Gasteiger charge is -2.23. The number of ether oxygens (including phenoxy) is 1. The zero-order chi connectivity index (χ0) is 13.2. The van der Waals surface area contributed by atoms with Crippen LogP contribution in [-0.2, 0) is 4.74 Å². The molecule has 2 heterocycles. The van der Waals surface area contributed by atoms with E-state index in [-0.39, 0.29) is 11.9 Å². The summed E-state index contributed by atoms with van der Waals surface area (Å²) in [5, 5.41) is 7.04. The molecule has 19 heavy (non-hydrogen) atoms. The van der Waals surface area contributed by atoms with Crippen LogP contribution in [0.25, 0.3) is 0 Å². The van der Waals surface area contributed by atoms with Crippen molar-refractivity contribution in [1.82, 2.24) is 9.69 Å². The van der Waals surface area contributed by atoms with E-state index < -0.39 is 0 Å². The minimum absolute atomic E-state index is 0.118. The maximum Gasteiger partial charge on any atom is 0.258 e. The first-order valence-corrected chi connectivity index (χ1v) is 7.41. The van der Waals surface area contributed by atoms with E-state index in [4.69, 9.17) is 10.5 Å². The molecule has 6 nitrogen and oxygen atoms in total. The van der Waals surface area contributed by atoms with Gasteiger partial charge in [-0.05, 0) is 37.2 Å². The molecule has 7 heteroatoms. The summed E-state index contributed by atoms with van der Waals surface area (Å²) in [5.74, 6) is 0.190. The van der Waals surface area contributed by atoms with Crippen LogP contribution in [-0.4, -0.2) is 35.6 Å². The monoisotopic (exact) mass is 282 g/mol. The molecule has 1 aromatic rings. The van der Waals surface area contributed by atoms with Gasteiger partial charge < -0.3 is 21.1 Å². The van der Waals surface area contributed by atoms with Gasteiger partial charge in [0.05, 0.1) is 12.6 Å². The molecule has 1 saturated heterocycles. The Morgan fingerprint density at radius 1 is 1.37 bits per heavy atom. The molecule has 1 aliphatic carbocycles. The van der Waals surface area contributed by atoms with Crippen molar-refractivity contribution in [2.24, 2.45) is 0 Å². The summed E-state index contributed by atoms with van der Waals surface area (Å²) in [4.78, 5) is 12.1. The molecule has 1 amide bonds. The zero-order valence-corrected chi connectivity index (χ0v) is 11.5. The van der Waals surface area contributed by atoms with Crippen LogP contribution < -0.4 is 16.4 Å². The fraction of sp³-hybridized carbons (Fsp3) is 0.667. The lowest BCUT2D eigenvalue weighted by atomic mass is 10.1. The van der Waals surface area contributed by atoms with Crippen molar-refractivity contribution in [1.29, 1.82) is 0 Å². The molecule has 2 aliphatic rings. The Hall–Kier alpha value is -1.34. The van der Waals surface area contributed by atoms with Crippen LogP contribution in [0.4, 0.5) is 10.8 Å². The first-order chi connectivity index (χ1) is 9.24. The highest BCUT2D eigenvalue weighted by Crippen LogP contribution is 2.29. The molecular weight excluding hydrogens is 264 g/mol. The molecule has 0 aromatic carbocycles. The third-order valence-corrected chi connectivity index (χ3v) is 4.15. The van der Waals surface area contributed by atoms with Crippen LogP contribution in [0.2, 0.25) is 0 Å². The van der Waals surface area contributed by atoms with Gasteiger partial charge in [0.25, 0.3) is 5.91 Å². The van der Waals surface area contributed by atoms with E-state index in [1.165, 1.54) is 11.5 Å². The summed E-state index contributed by atoms with van der Waals surface area (Å²) in [7, 11) is 0. The van der Waals surface area contributed by atoms with E-state index in [9.17, 15) is 4.79 Å². The highest BCUT2D eigenvalue weighted by molar-refractivity contribution is 7.11. The number of nitrogen functional groups attached to an aromatic ring is 1. The van der Waals surface area contributed by atoms with E-state index in [1.807, 2.05) is 0 Å². The van der Waals surface area contributed by atoms with Crippen LogP contribution >= 0.6 is 11.5 Å². The molecule has 3 rings (SSSR count). The predicted octanol–water partition coefficient (Wildman–Crippen LogP) is 1.21. The van der Waals surface area contributed by atoms with E-state index in [2.05, 4.69) is 15.0 Å². The number of carbonyl (C=O) groups excluding carboxylic acids is 1. The number of amides is 1. The Morgan fingerprint density at radius 3 is 2.89 bits per heavy atom. The lowest BCUT2D eigenvalue weighted by molar-refractivity contribution is 0.0874. The van der Waals surface area contributed by atoms with Gasteiger partial charge in [-0.2, -0.15) is 4.37 Å². The molecule has 1 aliphatic heterocycles. The van der Waals surface area contributed by atoms with Gasteiger partial charge in [-0.25, -0.2) is 0 Å². The Kier molecular flexibility index (Phi) is 3.56. The molecule has 1 saturated carbocycles. The van der Waals surface area contributed by atoms with Crippen molar-refractivity contribution in [3.8, 4) is 0 Å². The van der Waals surface area contributed by atoms with Crippen molar-refractivity contribution < 1.29 is 9.53 Å². The van der Waals surface area contributed by atoms with Crippen LogP contribution in [0.5, 0.6) is 0 Å². The number of carbonyl (C=O) groups is 1. The minimum Gasteiger partial charge on any atom is -0.382 e. The van der Waals surface area contributed by atoms with E-state index >= 15 is 0 Å². The Morgan fingerprint density at radius 2 is 2.21 bits per heavy atom. The number of nitrogens with one attached hydrogen (secondary N) is 2. The lowest BCUT2D eigenvalue weighted by Crippen LogP contribution is -2.31. The topological polar surface area (TPSA) is 89.3 Å². The van der Waals surface area contributed by atoms with Crippen LogP contribution in [0.1, 0.15) is 36.0 Å². The summed E-state index contributed by atoms with van der Waals surface area (Å²) < 4.78 is 9.51. The number of rotatable bonds is 4. The Bertz CT molecular complexity index is 466. The van der Waals surface area contributed by atoms with Crippen LogP contribution in [0.3, 0.4) is 0 Å². The van der Waals surface area contributed by atoms with Crippen molar-refractivity contribution >= 4 is 28.3 Å².